The molecular formula is C20H25N5O3. The number of hydrogen-bond donors (Lipinski definition) is 1. The summed E-state index contributed by atoms with van der Waals surface area (Å²) in [5.41, 5.74) is 6.89. The molecule has 1 amide bonds. The SMILES string of the molecule is COc1cc2nc(N3CCN(C(=O)C4C=CCC4)CC3)nc(N)c2cc1OC. The second kappa shape index (κ2) is 7.53. The van der Waals surface area contributed by atoms with E-state index in [1.54, 1.807) is 20.3 Å². The van der Waals surface area contributed by atoms with Crippen LogP contribution in [-0.4, -0.2) is 61.2 Å². The average molecular weight is 383 g/mol. The van der Waals surface area contributed by atoms with E-state index in [4.69, 9.17) is 15.2 Å². The summed E-state index contributed by atoms with van der Waals surface area (Å²) in [6, 6.07) is 3.60. The number of ether oxygens (including phenoxy) is 2. The topological polar surface area (TPSA) is 93.8 Å². The van der Waals surface area contributed by atoms with Gasteiger partial charge < -0.3 is 25.0 Å². The van der Waals surface area contributed by atoms with Crippen LogP contribution in [0.15, 0.2) is 24.3 Å². The van der Waals surface area contributed by atoms with Crippen molar-refractivity contribution >= 4 is 28.6 Å². The molecule has 1 unspecified atom stereocenters. The van der Waals surface area contributed by atoms with Crippen LogP contribution in [0.1, 0.15) is 12.8 Å². The Morgan fingerprint density at radius 2 is 1.82 bits per heavy atom. The number of nitrogen functional groups attached to an aromatic ring is 1. The molecule has 0 bridgehead atoms. The van der Waals surface area contributed by atoms with Gasteiger partial charge in [0.1, 0.15) is 5.82 Å². The fourth-order valence-corrected chi connectivity index (χ4v) is 3.81. The summed E-state index contributed by atoms with van der Waals surface area (Å²) < 4.78 is 10.7. The molecular weight excluding hydrogens is 358 g/mol. The first-order valence-electron chi connectivity index (χ1n) is 9.50. The van der Waals surface area contributed by atoms with E-state index in [2.05, 4.69) is 20.9 Å². The van der Waals surface area contributed by atoms with Crippen molar-refractivity contribution in [1.29, 1.82) is 0 Å². The van der Waals surface area contributed by atoms with Gasteiger partial charge in [0.05, 0.1) is 25.7 Å². The predicted octanol–water partition coefficient (Wildman–Crippen LogP) is 1.84. The largest absolute Gasteiger partial charge is 0.493 e. The van der Waals surface area contributed by atoms with Crippen LogP contribution in [0.3, 0.4) is 0 Å². The maximum absolute atomic E-state index is 12.6. The van der Waals surface area contributed by atoms with E-state index in [0.717, 1.165) is 18.2 Å². The van der Waals surface area contributed by atoms with Crippen LogP contribution in [0.5, 0.6) is 11.5 Å². The van der Waals surface area contributed by atoms with E-state index in [-0.39, 0.29) is 11.8 Å². The minimum absolute atomic E-state index is 0.0431. The Kier molecular flexibility index (Phi) is 4.93. The predicted molar refractivity (Wildman–Crippen MR) is 108 cm³/mol. The third kappa shape index (κ3) is 3.30. The Balaban J connectivity index is 1.53. The first-order valence-corrected chi connectivity index (χ1v) is 9.50. The molecule has 0 radical (unpaired) electrons. The Hall–Kier alpha value is -3.03. The fourth-order valence-electron chi connectivity index (χ4n) is 3.81. The Bertz CT molecular complexity index is 922. The van der Waals surface area contributed by atoms with E-state index >= 15 is 0 Å². The Morgan fingerprint density at radius 1 is 1.11 bits per heavy atom. The number of methoxy groups -OCH3 is 2. The number of allylic oxidation sites excluding steroid dienone is 1. The highest BCUT2D eigenvalue weighted by atomic mass is 16.5. The minimum Gasteiger partial charge on any atom is -0.493 e. The van der Waals surface area contributed by atoms with Crippen molar-refractivity contribution < 1.29 is 14.3 Å². The summed E-state index contributed by atoms with van der Waals surface area (Å²) in [6.45, 7) is 2.69. The highest BCUT2D eigenvalue weighted by Gasteiger charge is 2.28. The molecule has 8 nitrogen and oxygen atoms in total. The monoisotopic (exact) mass is 383 g/mol. The number of rotatable bonds is 4. The Labute approximate surface area is 163 Å². The summed E-state index contributed by atoms with van der Waals surface area (Å²) in [7, 11) is 3.17. The number of hydrogen-bond acceptors (Lipinski definition) is 7. The molecule has 0 saturated carbocycles. The van der Waals surface area contributed by atoms with Gasteiger partial charge >= 0.3 is 0 Å². The van der Waals surface area contributed by atoms with Crippen LogP contribution in [0.2, 0.25) is 0 Å². The zero-order valence-corrected chi connectivity index (χ0v) is 16.2. The minimum atomic E-state index is 0.0431. The van der Waals surface area contributed by atoms with Crippen molar-refractivity contribution in [2.75, 3.05) is 51.0 Å². The molecule has 2 N–H and O–H groups in total. The second-order valence-electron chi connectivity index (χ2n) is 7.06. The van der Waals surface area contributed by atoms with Crippen molar-refractivity contribution in [3.63, 3.8) is 0 Å². The maximum Gasteiger partial charge on any atom is 0.229 e. The normalized spacial score (nSPS) is 19.3. The summed E-state index contributed by atoms with van der Waals surface area (Å²) in [4.78, 5) is 25.8. The van der Waals surface area contributed by atoms with Crippen molar-refractivity contribution in [2.45, 2.75) is 12.8 Å². The van der Waals surface area contributed by atoms with Gasteiger partial charge in [0.25, 0.3) is 0 Å². The van der Waals surface area contributed by atoms with Crippen molar-refractivity contribution in [1.82, 2.24) is 14.9 Å². The maximum atomic E-state index is 12.6. The quantitative estimate of drug-likeness (QED) is 0.805. The van der Waals surface area contributed by atoms with Crippen LogP contribution >= 0.6 is 0 Å². The molecule has 148 valence electrons. The van der Waals surface area contributed by atoms with Crippen molar-refractivity contribution in [3.8, 4) is 11.5 Å². The number of aromatic nitrogens is 2. The first kappa shape index (κ1) is 18.3. The average Bonchev–Trinajstić information content (AvgIpc) is 3.27. The Morgan fingerprint density at radius 3 is 2.46 bits per heavy atom. The van der Waals surface area contributed by atoms with Gasteiger partial charge in [-0.1, -0.05) is 12.2 Å². The molecule has 28 heavy (non-hydrogen) atoms. The third-order valence-electron chi connectivity index (χ3n) is 5.42. The number of carbonyl (C=O) groups excluding carboxylic acids is 1. The van der Waals surface area contributed by atoms with Gasteiger partial charge in [0.15, 0.2) is 11.5 Å². The fraction of sp³-hybridized carbons (Fsp3) is 0.450. The number of nitrogens with zero attached hydrogens (tertiary/aromatic N) is 4. The van der Waals surface area contributed by atoms with Gasteiger partial charge in [-0.2, -0.15) is 4.98 Å². The van der Waals surface area contributed by atoms with E-state index < -0.39 is 0 Å². The molecule has 2 aliphatic rings. The highest BCUT2D eigenvalue weighted by molar-refractivity contribution is 5.91. The van der Waals surface area contributed by atoms with Crippen LogP contribution in [0, 0.1) is 5.92 Å². The number of benzene rings is 1. The van der Waals surface area contributed by atoms with Crippen molar-refractivity contribution in [2.24, 2.45) is 5.92 Å². The number of fused-ring (bicyclic) bond motifs is 1. The van der Waals surface area contributed by atoms with Crippen LogP contribution < -0.4 is 20.1 Å². The molecule has 1 aliphatic carbocycles. The second-order valence-corrected chi connectivity index (χ2v) is 7.06. The lowest BCUT2D eigenvalue weighted by molar-refractivity contribution is -0.134. The number of nitrogens with two attached hydrogens (primary N) is 1. The zero-order valence-electron chi connectivity index (χ0n) is 16.2. The standard InChI is InChI=1S/C20H25N5O3/c1-27-16-11-14-15(12-17(16)28-2)22-20(23-18(14)21)25-9-7-24(8-10-25)19(26)13-5-3-4-6-13/h3,5,11-13H,4,6-10H2,1-2H3,(H2,21,22,23). The first-order chi connectivity index (χ1) is 13.6. The van der Waals surface area contributed by atoms with Gasteiger partial charge in [-0.05, 0) is 18.9 Å². The van der Waals surface area contributed by atoms with E-state index in [0.29, 0.717) is 55.0 Å². The number of amides is 1. The van der Waals surface area contributed by atoms with Crippen molar-refractivity contribution in [3.05, 3.63) is 24.3 Å². The number of anilines is 2. The van der Waals surface area contributed by atoms with Gasteiger partial charge in [-0.25, -0.2) is 4.98 Å². The molecule has 2 heterocycles. The van der Waals surface area contributed by atoms with Crippen LogP contribution in [0.4, 0.5) is 11.8 Å². The smallest absolute Gasteiger partial charge is 0.229 e. The number of piperazine rings is 1. The van der Waals surface area contributed by atoms with E-state index in [1.165, 1.54) is 0 Å². The van der Waals surface area contributed by atoms with Gasteiger partial charge in [0, 0.05) is 37.6 Å². The summed E-state index contributed by atoms with van der Waals surface area (Å²) in [6.07, 6.45) is 6.04. The molecule has 1 aromatic carbocycles. The van der Waals surface area contributed by atoms with Crippen LogP contribution in [0.25, 0.3) is 10.9 Å². The lowest BCUT2D eigenvalue weighted by Crippen LogP contribution is -2.50. The molecule has 1 atom stereocenters. The van der Waals surface area contributed by atoms with Gasteiger partial charge in [-0.15, -0.1) is 0 Å². The lowest BCUT2D eigenvalue weighted by Gasteiger charge is -2.35. The summed E-state index contributed by atoms with van der Waals surface area (Å²) >= 11 is 0. The van der Waals surface area contributed by atoms with E-state index in [1.807, 2.05) is 17.0 Å². The van der Waals surface area contributed by atoms with Gasteiger partial charge in [0.2, 0.25) is 11.9 Å². The lowest BCUT2D eigenvalue weighted by atomic mass is 10.1. The van der Waals surface area contributed by atoms with Crippen LogP contribution in [-0.2, 0) is 4.79 Å². The molecule has 1 aromatic heterocycles. The summed E-state index contributed by atoms with van der Waals surface area (Å²) in [5, 5.41) is 0.725. The number of carbonyl (C=O) groups is 1. The molecule has 4 rings (SSSR count). The highest BCUT2D eigenvalue weighted by Crippen LogP contribution is 2.34. The van der Waals surface area contributed by atoms with E-state index in [9.17, 15) is 4.79 Å². The molecule has 2 aromatic rings. The molecule has 0 spiro atoms. The molecule has 1 saturated heterocycles. The zero-order chi connectivity index (χ0) is 19.7. The molecule has 1 fully saturated rings. The van der Waals surface area contributed by atoms with Gasteiger partial charge in [-0.3, -0.25) is 4.79 Å². The molecule has 1 aliphatic heterocycles. The summed E-state index contributed by atoms with van der Waals surface area (Å²) in [5.74, 6) is 2.43. The molecule has 8 heteroatoms. The third-order valence-corrected chi connectivity index (χ3v) is 5.42.